The summed E-state index contributed by atoms with van der Waals surface area (Å²) in [5.41, 5.74) is 5.36. The predicted molar refractivity (Wildman–Crippen MR) is 129 cm³/mol. The van der Waals surface area contributed by atoms with E-state index in [0.717, 1.165) is 32.6 Å². The number of H-pyrrole nitrogens is 2. The molecule has 0 saturated heterocycles. The monoisotopic (exact) mass is 435 g/mol. The van der Waals surface area contributed by atoms with Crippen molar-refractivity contribution in [3.05, 3.63) is 88.3 Å². The molecule has 2 N–H and O–H groups in total. The summed E-state index contributed by atoms with van der Waals surface area (Å²) in [5, 5.41) is 8.42. The van der Waals surface area contributed by atoms with Crippen LogP contribution in [0.4, 0.5) is 0 Å². The van der Waals surface area contributed by atoms with Crippen LogP contribution in [0.5, 0.6) is 0 Å². The molecule has 6 aromatic rings. The number of nitrogens with zero attached hydrogens (tertiary/aromatic N) is 3. The van der Waals surface area contributed by atoms with E-state index in [1.54, 1.807) is 36.0 Å². The molecule has 0 saturated carbocycles. The highest BCUT2D eigenvalue weighted by atomic mass is 32.1. The fourth-order valence-electron chi connectivity index (χ4n) is 3.97. The van der Waals surface area contributed by atoms with E-state index in [1.807, 2.05) is 30.3 Å². The molecule has 0 fully saturated rings. The molecule has 1 aromatic carbocycles. The summed E-state index contributed by atoms with van der Waals surface area (Å²) in [4.78, 5) is 28.2. The number of nitrogens with one attached hydrogen (secondary N) is 2. The molecule has 0 atom stereocenters. The fraction of sp³-hybridized carbons (Fsp3) is 0.0400. The minimum atomic E-state index is -0.0897. The van der Waals surface area contributed by atoms with Crippen LogP contribution in [0.1, 0.15) is 4.88 Å². The lowest BCUT2D eigenvalue weighted by Gasteiger charge is -2.11. The molecule has 6 rings (SSSR count). The van der Waals surface area contributed by atoms with Gasteiger partial charge in [-0.3, -0.25) is 14.9 Å². The Kier molecular flexibility index (Phi) is 4.22. The van der Waals surface area contributed by atoms with Crippen molar-refractivity contribution in [3.8, 4) is 33.0 Å². The van der Waals surface area contributed by atoms with Crippen molar-refractivity contribution in [2.24, 2.45) is 0 Å². The zero-order valence-corrected chi connectivity index (χ0v) is 17.9. The number of benzene rings is 1. The molecule has 0 aliphatic heterocycles. The Labute approximate surface area is 186 Å². The minimum absolute atomic E-state index is 0.0897. The van der Waals surface area contributed by atoms with Gasteiger partial charge in [0.25, 0.3) is 0 Å². The highest BCUT2D eigenvalue weighted by molar-refractivity contribution is 7.15. The van der Waals surface area contributed by atoms with Gasteiger partial charge in [0.05, 0.1) is 32.7 Å². The smallest absolute Gasteiger partial charge is 0.200 e. The number of aromatic nitrogens is 5. The van der Waals surface area contributed by atoms with Crippen LogP contribution in [-0.2, 0) is 0 Å². The average molecular weight is 436 g/mol. The van der Waals surface area contributed by atoms with Crippen LogP contribution in [0, 0.1) is 6.92 Å². The molecule has 5 heterocycles. The third-order valence-corrected chi connectivity index (χ3v) is 6.55. The molecule has 0 unspecified atom stereocenters. The Morgan fingerprint density at radius 1 is 0.969 bits per heavy atom. The van der Waals surface area contributed by atoms with Crippen molar-refractivity contribution in [3.63, 3.8) is 0 Å². The van der Waals surface area contributed by atoms with Gasteiger partial charge in [0, 0.05) is 34.4 Å². The lowest BCUT2D eigenvalue weighted by molar-refractivity contribution is 1.09. The maximum Gasteiger partial charge on any atom is 0.200 e. The first-order chi connectivity index (χ1) is 15.7. The van der Waals surface area contributed by atoms with Crippen LogP contribution < -0.4 is 5.43 Å². The van der Waals surface area contributed by atoms with E-state index < -0.39 is 0 Å². The standard InChI is InChI=1S/C25H17N5OS/c1-14-4-7-22(32-14)23-17(15-5-6-20-16(11-15)3-2-9-26-20)12-18-24(31)19(13-27-25(18)29-23)21-8-10-28-30-21/h2-13H,1H3,(H,28,30)(H,27,29,31). The zero-order chi connectivity index (χ0) is 21.7. The van der Waals surface area contributed by atoms with Crippen molar-refractivity contribution in [2.45, 2.75) is 6.92 Å². The van der Waals surface area contributed by atoms with Crippen molar-refractivity contribution in [1.29, 1.82) is 0 Å². The van der Waals surface area contributed by atoms with Gasteiger partial charge >= 0.3 is 0 Å². The second-order valence-electron chi connectivity index (χ2n) is 7.60. The summed E-state index contributed by atoms with van der Waals surface area (Å²) in [6.07, 6.45) is 5.11. The molecule has 6 nitrogen and oxygen atoms in total. The van der Waals surface area contributed by atoms with Crippen molar-refractivity contribution in [1.82, 2.24) is 25.1 Å². The van der Waals surface area contributed by atoms with Gasteiger partial charge in [0.15, 0.2) is 5.43 Å². The summed E-state index contributed by atoms with van der Waals surface area (Å²) in [6.45, 7) is 2.08. The highest BCUT2D eigenvalue weighted by Crippen LogP contribution is 2.37. The highest BCUT2D eigenvalue weighted by Gasteiger charge is 2.17. The molecule has 0 spiro atoms. The predicted octanol–water partition coefficient (Wildman–Crippen LogP) is 5.57. The van der Waals surface area contributed by atoms with E-state index >= 15 is 0 Å². The largest absolute Gasteiger partial charge is 0.345 e. The van der Waals surface area contributed by atoms with Crippen LogP contribution in [-0.4, -0.2) is 25.1 Å². The summed E-state index contributed by atoms with van der Waals surface area (Å²) in [7, 11) is 0. The summed E-state index contributed by atoms with van der Waals surface area (Å²) >= 11 is 1.69. The minimum Gasteiger partial charge on any atom is -0.345 e. The van der Waals surface area contributed by atoms with Crippen LogP contribution in [0.25, 0.3) is 54.9 Å². The maximum atomic E-state index is 13.4. The number of hydrogen-bond acceptors (Lipinski definition) is 5. The average Bonchev–Trinajstić information content (AvgIpc) is 3.50. The third kappa shape index (κ3) is 3.02. The van der Waals surface area contributed by atoms with Crippen LogP contribution in [0.3, 0.4) is 0 Å². The first kappa shape index (κ1) is 18.7. The SMILES string of the molecule is Cc1ccc(-c2nc3[nH]cc(-c4ccn[nH]4)c(=O)c3cc2-c2ccc3ncccc3c2)s1. The fourth-order valence-corrected chi connectivity index (χ4v) is 4.84. The maximum absolute atomic E-state index is 13.4. The Balaban J connectivity index is 1.66. The van der Waals surface area contributed by atoms with Crippen LogP contribution in [0.15, 0.2) is 78.0 Å². The van der Waals surface area contributed by atoms with Crippen LogP contribution >= 0.6 is 11.3 Å². The molecule has 5 aromatic heterocycles. The van der Waals surface area contributed by atoms with Gasteiger partial charge in [-0.2, -0.15) is 5.10 Å². The van der Waals surface area contributed by atoms with E-state index in [2.05, 4.69) is 45.3 Å². The van der Waals surface area contributed by atoms with Gasteiger partial charge in [0.1, 0.15) is 5.65 Å². The lowest BCUT2D eigenvalue weighted by atomic mass is 9.99. The molecular weight excluding hydrogens is 418 g/mol. The van der Waals surface area contributed by atoms with Crippen molar-refractivity contribution >= 4 is 33.3 Å². The number of fused-ring (bicyclic) bond motifs is 2. The van der Waals surface area contributed by atoms with E-state index in [-0.39, 0.29) is 5.43 Å². The summed E-state index contributed by atoms with van der Waals surface area (Å²) in [5.74, 6) is 0. The second-order valence-corrected chi connectivity index (χ2v) is 8.89. The Hall–Kier alpha value is -4.10. The molecule has 154 valence electrons. The van der Waals surface area contributed by atoms with Gasteiger partial charge < -0.3 is 4.98 Å². The quantitative estimate of drug-likeness (QED) is 0.381. The van der Waals surface area contributed by atoms with E-state index in [0.29, 0.717) is 22.3 Å². The molecular formula is C25H17N5OS. The second kappa shape index (κ2) is 7.25. The normalized spacial score (nSPS) is 11.4. The van der Waals surface area contributed by atoms with Crippen LogP contribution in [0.2, 0.25) is 0 Å². The first-order valence-electron chi connectivity index (χ1n) is 10.2. The molecule has 0 bridgehead atoms. The van der Waals surface area contributed by atoms with Gasteiger partial charge in [-0.15, -0.1) is 11.3 Å². The van der Waals surface area contributed by atoms with Gasteiger partial charge in [0.2, 0.25) is 0 Å². The van der Waals surface area contributed by atoms with E-state index in [9.17, 15) is 4.79 Å². The van der Waals surface area contributed by atoms with Gasteiger partial charge in [-0.1, -0.05) is 12.1 Å². The third-order valence-electron chi connectivity index (χ3n) is 5.54. The summed E-state index contributed by atoms with van der Waals surface area (Å²) < 4.78 is 0. The zero-order valence-electron chi connectivity index (χ0n) is 17.1. The van der Waals surface area contributed by atoms with E-state index in [4.69, 9.17) is 4.98 Å². The molecule has 0 radical (unpaired) electrons. The Morgan fingerprint density at radius 2 is 1.91 bits per heavy atom. The van der Waals surface area contributed by atoms with Crippen molar-refractivity contribution in [2.75, 3.05) is 0 Å². The lowest BCUT2D eigenvalue weighted by Crippen LogP contribution is -2.08. The molecule has 0 amide bonds. The topological polar surface area (TPSA) is 87.3 Å². The number of pyridine rings is 3. The molecule has 0 aliphatic rings. The van der Waals surface area contributed by atoms with E-state index in [1.165, 1.54) is 4.88 Å². The number of rotatable bonds is 3. The Bertz CT molecular complexity index is 1660. The van der Waals surface area contributed by atoms with Gasteiger partial charge in [-0.05, 0) is 55.0 Å². The molecule has 7 heteroatoms. The number of thiophene rings is 1. The first-order valence-corrected chi connectivity index (χ1v) is 11.0. The number of aromatic amines is 2. The van der Waals surface area contributed by atoms with Gasteiger partial charge in [-0.25, -0.2) is 4.98 Å². The molecule has 32 heavy (non-hydrogen) atoms. The summed E-state index contributed by atoms with van der Waals surface area (Å²) in [6, 6.07) is 18.0. The number of aryl methyl sites for hydroxylation is 1. The Morgan fingerprint density at radius 3 is 2.72 bits per heavy atom. The van der Waals surface area contributed by atoms with Crippen molar-refractivity contribution < 1.29 is 0 Å². The number of hydrogen-bond donors (Lipinski definition) is 2. The molecule has 0 aliphatic carbocycles.